The van der Waals surface area contributed by atoms with Crippen LogP contribution < -0.4 is 11.5 Å². The van der Waals surface area contributed by atoms with Gasteiger partial charge in [0.1, 0.15) is 5.52 Å². The van der Waals surface area contributed by atoms with E-state index in [1.54, 1.807) is 0 Å². The van der Waals surface area contributed by atoms with Gasteiger partial charge in [-0.3, -0.25) is 0 Å². The number of nitrogen functional groups attached to an aromatic ring is 2. The molecule has 0 atom stereocenters. The minimum absolute atomic E-state index is 0.537. The first-order valence-electron chi connectivity index (χ1n) is 5.66. The number of hydrogen-bond acceptors (Lipinski definition) is 4. The summed E-state index contributed by atoms with van der Waals surface area (Å²) in [6, 6.07) is 11.3. The maximum absolute atomic E-state index is 5.90. The van der Waals surface area contributed by atoms with Gasteiger partial charge in [-0.1, -0.05) is 12.1 Å². The molecule has 90 valence electrons. The van der Waals surface area contributed by atoms with Crippen molar-refractivity contribution in [2.45, 2.75) is 6.92 Å². The van der Waals surface area contributed by atoms with E-state index in [4.69, 9.17) is 15.9 Å². The Morgan fingerprint density at radius 1 is 1.06 bits per heavy atom. The van der Waals surface area contributed by atoms with Crippen molar-refractivity contribution in [3.63, 3.8) is 0 Å². The van der Waals surface area contributed by atoms with Gasteiger partial charge in [-0.25, -0.2) is 4.98 Å². The maximum atomic E-state index is 5.90. The Morgan fingerprint density at radius 2 is 1.72 bits per heavy atom. The molecule has 0 spiro atoms. The highest BCUT2D eigenvalue weighted by Gasteiger charge is 2.10. The predicted molar refractivity (Wildman–Crippen MR) is 73.0 cm³/mol. The van der Waals surface area contributed by atoms with Crippen LogP contribution in [0.3, 0.4) is 0 Å². The third-order valence-corrected chi connectivity index (χ3v) is 3.03. The normalized spacial score (nSPS) is 10.9. The second-order valence-electron chi connectivity index (χ2n) is 4.27. The summed E-state index contributed by atoms with van der Waals surface area (Å²) < 4.78 is 5.68. The Kier molecular flexibility index (Phi) is 2.23. The Balaban J connectivity index is 2.20. The molecule has 3 rings (SSSR count). The van der Waals surface area contributed by atoms with Gasteiger partial charge in [0.2, 0.25) is 5.89 Å². The molecule has 0 saturated carbocycles. The number of rotatable bonds is 1. The van der Waals surface area contributed by atoms with Crippen LogP contribution in [0.5, 0.6) is 0 Å². The van der Waals surface area contributed by atoms with Crippen molar-refractivity contribution in [2.75, 3.05) is 11.5 Å². The number of hydrogen-bond donors (Lipinski definition) is 2. The Hall–Kier alpha value is -2.49. The summed E-state index contributed by atoms with van der Waals surface area (Å²) in [5.74, 6) is 0.537. The van der Waals surface area contributed by atoms with Gasteiger partial charge in [0.05, 0.1) is 0 Å². The zero-order chi connectivity index (χ0) is 12.7. The van der Waals surface area contributed by atoms with E-state index in [2.05, 4.69) is 4.98 Å². The van der Waals surface area contributed by atoms with E-state index in [1.165, 1.54) is 0 Å². The summed E-state index contributed by atoms with van der Waals surface area (Å²) in [5.41, 5.74) is 16.4. The lowest BCUT2D eigenvalue weighted by atomic mass is 10.1. The lowest BCUT2D eigenvalue weighted by molar-refractivity contribution is 0.620. The average Bonchev–Trinajstić information content (AvgIpc) is 2.79. The molecule has 18 heavy (non-hydrogen) atoms. The van der Waals surface area contributed by atoms with Gasteiger partial charge in [-0.05, 0) is 36.8 Å². The molecule has 1 aromatic heterocycles. The summed E-state index contributed by atoms with van der Waals surface area (Å²) in [4.78, 5) is 4.42. The molecular formula is C14H13N3O. The van der Waals surface area contributed by atoms with E-state index >= 15 is 0 Å². The number of aromatic nitrogens is 1. The van der Waals surface area contributed by atoms with Crippen molar-refractivity contribution in [1.29, 1.82) is 0 Å². The zero-order valence-electron chi connectivity index (χ0n) is 9.97. The molecule has 0 saturated heterocycles. The summed E-state index contributed by atoms with van der Waals surface area (Å²) in [6.07, 6.45) is 0. The molecule has 2 aromatic carbocycles. The fraction of sp³-hybridized carbons (Fsp3) is 0.0714. The van der Waals surface area contributed by atoms with E-state index in [-0.39, 0.29) is 0 Å². The van der Waals surface area contributed by atoms with Gasteiger partial charge < -0.3 is 15.9 Å². The highest BCUT2D eigenvalue weighted by Crippen LogP contribution is 2.29. The number of nitrogens with two attached hydrogens (primary N) is 2. The first-order valence-corrected chi connectivity index (χ1v) is 5.66. The van der Waals surface area contributed by atoms with Crippen molar-refractivity contribution in [3.05, 3.63) is 42.0 Å². The van der Waals surface area contributed by atoms with Crippen LogP contribution in [0.2, 0.25) is 0 Å². The average molecular weight is 239 g/mol. The quantitative estimate of drug-likeness (QED) is 0.640. The van der Waals surface area contributed by atoms with Crippen molar-refractivity contribution >= 4 is 22.5 Å². The van der Waals surface area contributed by atoms with Gasteiger partial charge in [-0.15, -0.1) is 0 Å². The largest absolute Gasteiger partial charge is 0.436 e. The number of anilines is 2. The number of nitrogens with zero attached hydrogens (tertiary/aromatic N) is 1. The van der Waals surface area contributed by atoms with Crippen LogP contribution in [-0.4, -0.2) is 4.98 Å². The fourth-order valence-corrected chi connectivity index (χ4v) is 1.88. The van der Waals surface area contributed by atoms with Crippen LogP contribution in [0.4, 0.5) is 11.4 Å². The van der Waals surface area contributed by atoms with Crippen molar-refractivity contribution in [3.8, 4) is 11.5 Å². The zero-order valence-corrected chi connectivity index (χ0v) is 9.97. The molecule has 4 nitrogen and oxygen atoms in total. The molecule has 0 fully saturated rings. The topological polar surface area (TPSA) is 78.1 Å². The van der Waals surface area contributed by atoms with Crippen molar-refractivity contribution < 1.29 is 4.42 Å². The highest BCUT2D eigenvalue weighted by atomic mass is 16.3. The van der Waals surface area contributed by atoms with E-state index in [9.17, 15) is 0 Å². The Morgan fingerprint density at radius 3 is 2.39 bits per heavy atom. The highest BCUT2D eigenvalue weighted by molar-refractivity contribution is 5.78. The van der Waals surface area contributed by atoms with Gasteiger partial charge in [-0.2, -0.15) is 0 Å². The summed E-state index contributed by atoms with van der Waals surface area (Å²) in [7, 11) is 0. The lowest BCUT2D eigenvalue weighted by Gasteiger charge is -2.05. The van der Waals surface area contributed by atoms with Crippen LogP contribution in [0.15, 0.2) is 40.8 Å². The molecule has 1 heterocycles. The molecule has 0 aliphatic carbocycles. The predicted octanol–water partition coefficient (Wildman–Crippen LogP) is 2.97. The first kappa shape index (κ1) is 10.7. The molecule has 4 N–H and O–H groups in total. The number of fused-ring (bicyclic) bond motifs is 1. The fourth-order valence-electron chi connectivity index (χ4n) is 1.88. The first-order chi connectivity index (χ1) is 8.65. The maximum Gasteiger partial charge on any atom is 0.227 e. The Bertz CT molecular complexity index is 675. The molecule has 0 radical (unpaired) electrons. The molecule has 0 aliphatic rings. The van der Waals surface area contributed by atoms with Crippen LogP contribution in [0, 0.1) is 6.92 Å². The SMILES string of the molecule is Cc1c(N)cc(-c2nc3ccccc3o2)cc1N. The third kappa shape index (κ3) is 1.59. The van der Waals surface area contributed by atoms with Crippen LogP contribution in [0.1, 0.15) is 5.56 Å². The minimum atomic E-state index is 0.537. The van der Waals surface area contributed by atoms with Crippen LogP contribution in [-0.2, 0) is 0 Å². The summed E-state index contributed by atoms with van der Waals surface area (Å²) in [5, 5.41) is 0. The Labute approximate surface area is 104 Å². The number of para-hydroxylation sites is 2. The van der Waals surface area contributed by atoms with Crippen LogP contribution in [0.25, 0.3) is 22.6 Å². The van der Waals surface area contributed by atoms with Crippen molar-refractivity contribution in [2.24, 2.45) is 0 Å². The monoisotopic (exact) mass is 239 g/mol. The molecule has 0 bridgehead atoms. The molecule has 0 unspecified atom stereocenters. The van der Waals surface area contributed by atoms with E-state index in [0.717, 1.165) is 22.2 Å². The van der Waals surface area contributed by atoms with Gasteiger partial charge in [0, 0.05) is 16.9 Å². The van der Waals surface area contributed by atoms with E-state index < -0.39 is 0 Å². The molecule has 0 amide bonds. The third-order valence-electron chi connectivity index (χ3n) is 3.03. The van der Waals surface area contributed by atoms with Gasteiger partial charge >= 0.3 is 0 Å². The molecule has 3 aromatic rings. The molecular weight excluding hydrogens is 226 g/mol. The van der Waals surface area contributed by atoms with E-state index in [0.29, 0.717) is 17.3 Å². The van der Waals surface area contributed by atoms with Crippen LogP contribution >= 0.6 is 0 Å². The van der Waals surface area contributed by atoms with Gasteiger partial charge in [0.15, 0.2) is 5.58 Å². The molecule has 0 aliphatic heterocycles. The smallest absolute Gasteiger partial charge is 0.227 e. The van der Waals surface area contributed by atoms with E-state index in [1.807, 2.05) is 43.3 Å². The standard InChI is InChI=1S/C14H13N3O/c1-8-10(15)6-9(7-11(8)16)14-17-12-4-2-3-5-13(12)18-14/h2-7H,15-16H2,1H3. The minimum Gasteiger partial charge on any atom is -0.436 e. The summed E-state index contributed by atoms with van der Waals surface area (Å²) in [6.45, 7) is 1.89. The molecule has 4 heteroatoms. The number of benzene rings is 2. The second kappa shape index (κ2) is 3.77. The lowest BCUT2D eigenvalue weighted by Crippen LogP contribution is -1.96. The summed E-state index contributed by atoms with van der Waals surface area (Å²) >= 11 is 0. The number of oxazole rings is 1. The second-order valence-corrected chi connectivity index (χ2v) is 4.27. The van der Waals surface area contributed by atoms with Gasteiger partial charge in [0.25, 0.3) is 0 Å². The van der Waals surface area contributed by atoms with Crippen molar-refractivity contribution in [1.82, 2.24) is 4.98 Å².